The summed E-state index contributed by atoms with van der Waals surface area (Å²) in [6, 6.07) is 2.98. The van der Waals surface area contributed by atoms with Gasteiger partial charge in [0.05, 0.1) is 27.1 Å². The number of carboxylic acid groups (broad SMARTS) is 1. The summed E-state index contributed by atoms with van der Waals surface area (Å²) < 4.78 is 5.59. The first-order valence-electron chi connectivity index (χ1n) is 5.77. The minimum atomic E-state index is -1.19. The van der Waals surface area contributed by atoms with Gasteiger partial charge in [0.15, 0.2) is 0 Å². The molecule has 0 saturated carbocycles. The minimum absolute atomic E-state index is 0.109. The Labute approximate surface area is 113 Å². The predicted octanol–water partition coefficient (Wildman–Crippen LogP) is -0.299. The van der Waals surface area contributed by atoms with E-state index in [4.69, 9.17) is 4.74 Å². The monoisotopic (exact) mass is 268 g/mol. The molecule has 0 spiro atoms. The van der Waals surface area contributed by atoms with E-state index in [1.54, 1.807) is 6.07 Å². The van der Waals surface area contributed by atoms with Crippen molar-refractivity contribution in [3.05, 3.63) is 30.1 Å². The van der Waals surface area contributed by atoms with E-state index in [9.17, 15) is 14.7 Å². The fourth-order valence-corrected chi connectivity index (χ4v) is 0.947. The first kappa shape index (κ1) is 17.1. The van der Waals surface area contributed by atoms with Crippen molar-refractivity contribution in [2.75, 3.05) is 34.3 Å². The Bertz CT molecular complexity index is 399. The van der Waals surface area contributed by atoms with Crippen molar-refractivity contribution in [2.45, 2.75) is 6.92 Å². The number of carbonyl (C=O) groups is 2. The number of ether oxygens (including phenoxy) is 1. The number of nitrogens with zero attached hydrogens (tertiary/aromatic N) is 2. The molecule has 0 fully saturated rings. The van der Waals surface area contributed by atoms with Gasteiger partial charge in [-0.15, -0.1) is 0 Å². The molecule has 0 amide bonds. The molecule has 19 heavy (non-hydrogen) atoms. The maximum Gasteiger partial charge on any atom is 0.302 e. The smallest absolute Gasteiger partial charge is 0.302 e. The molecule has 0 radical (unpaired) electrons. The Morgan fingerprint density at radius 1 is 1.37 bits per heavy atom. The van der Waals surface area contributed by atoms with E-state index >= 15 is 0 Å². The van der Waals surface area contributed by atoms with Gasteiger partial charge >= 0.3 is 5.97 Å². The van der Waals surface area contributed by atoms with E-state index < -0.39 is 5.97 Å². The van der Waals surface area contributed by atoms with E-state index in [1.807, 2.05) is 0 Å². The molecule has 6 nitrogen and oxygen atoms in total. The standard InChI is InChI=1S/C7H16NO2.C6H5NO2/c1-7(9)10-6-5-8(2,3)4;8-6(9)5-2-1-3-7-4-5/h5-6H2,1-4H3;1-4H,(H,8,9)/q+1;/p-1. The molecule has 0 unspecified atom stereocenters. The van der Waals surface area contributed by atoms with Crippen LogP contribution in [0, 0.1) is 0 Å². The molecule has 0 aliphatic carbocycles. The number of carbonyl (C=O) groups excluding carboxylic acids is 2. The van der Waals surface area contributed by atoms with Gasteiger partial charge in [0, 0.05) is 24.9 Å². The largest absolute Gasteiger partial charge is 0.545 e. The lowest BCUT2D eigenvalue weighted by Crippen LogP contribution is -2.37. The normalized spacial score (nSPS) is 10.1. The molecule has 1 aromatic rings. The molecule has 0 aliphatic rings. The molecular formula is C13H20N2O4. The van der Waals surface area contributed by atoms with Gasteiger partial charge in [-0.2, -0.15) is 0 Å². The topological polar surface area (TPSA) is 79.3 Å². The number of esters is 1. The molecule has 1 rings (SSSR count). The molecule has 0 aromatic carbocycles. The third kappa shape index (κ3) is 10.9. The van der Waals surface area contributed by atoms with Crippen LogP contribution in [0.25, 0.3) is 0 Å². The third-order valence-electron chi connectivity index (χ3n) is 1.96. The summed E-state index contributed by atoms with van der Waals surface area (Å²) in [5.74, 6) is -1.39. The van der Waals surface area contributed by atoms with Crippen molar-refractivity contribution in [3.8, 4) is 0 Å². The van der Waals surface area contributed by atoms with Crippen LogP contribution in [0.15, 0.2) is 24.5 Å². The average Bonchev–Trinajstić information content (AvgIpc) is 2.28. The van der Waals surface area contributed by atoms with Crippen LogP contribution >= 0.6 is 0 Å². The Morgan fingerprint density at radius 3 is 2.32 bits per heavy atom. The van der Waals surface area contributed by atoms with E-state index in [0.717, 1.165) is 11.0 Å². The Kier molecular flexibility index (Phi) is 7.36. The van der Waals surface area contributed by atoms with Gasteiger partial charge in [0.1, 0.15) is 13.2 Å². The zero-order valence-electron chi connectivity index (χ0n) is 11.8. The molecule has 0 N–H and O–H groups in total. The second-order valence-corrected chi connectivity index (χ2v) is 4.88. The number of quaternary nitrogens is 1. The SMILES string of the molecule is CC(=O)OCC[N+](C)(C)C.O=C([O-])c1cccnc1. The van der Waals surface area contributed by atoms with Gasteiger partial charge in [-0.1, -0.05) is 6.07 Å². The number of aromatic carboxylic acids is 1. The second-order valence-electron chi connectivity index (χ2n) is 4.88. The molecule has 1 heterocycles. The quantitative estimate of drug-likeness (QED) is 0.553. The molecule has 6 heteroatoms. The Hall–Kier alpha value is -1.95. The summed E-state index contributed by atoms with van der Waals surface area (Å²) in [7, 11) is 6.18. The number of carboxylic acids is 1. The van der Waals surface area contributed by atoms with Crippen LogP contribution < -0.4 is 5.11 Å². The van der Waals surface area contributed by atoms with Gasteiger partial charge < -0.3 is 19.1 Å². The van der Waals surface area contributed by atoms with Crippen LogP contribution in [0.5, 0.6) is 0 Å². The maximum absolute atomic E-state index is 10.3. The van der Waals surface area contributed by atoms with Crippen molar-refractivity contribution in [3.63, 3.8) is 0 Å². The number of rotatable bonds is 4. The Morgan fingerprint density at radius 2 is 2.00 bits per heavy atom. The molecular weight excluding hydrogens is 248 g/mol. The molecule has 106 valence electrons. The summed E-state index contributed by atoms with van der Waals surface area (Å²) in [4.78, 5) is 23.9. The van der Waals surface area contributed by atoms with Crippen LogP contribution in [0.3, 0.4) is 0 Å². The number of likely N-dealkylation sites (N-methyl/N-ethyl adjacent to an activating group) is 1. The number of hydrogen-bond acceptors (Lipinski definition) is 5. The average molecular weight is 268 g/mol. The van der Waals surface area contributed by atoms with Gasteiger partial charge in [0.2, 0.25) is 0 Å². The van der Waals surface area contributed by atoms with Crippen LogP contribution in [0.2, 0.25) is 0 Å². The lowest BCUT2D eigenvalue weighted by Gasteiger charge is -2.23. The van der Waals surface area contributed by atoms with Gasteiger partial charge in [-0.05, 0) is 6.07 Å². The second kappa shape index (κ2) is 8.20. The minimum Gasteiger partial charge on any atom is -0.545 e. The van der Waals surface area contributed by atoms with Crippen LogP contribution in [0.4, 0.5) is 0 Å². The zero-order chi connectivity index (χ0) is 14.9. The van der Waals surface area contributed by atoms with E-state index in [-0.39, 0.29) is 11.5 Å². The highest BCUT2D eigenvalue weighted by Crippen LogP contribution is 1.91. The van der Waals surface area contributed by atoms with Crippen LogP contribution in [-0.4, -0.2) is 55.7 Å². The molecule has 0 bridgehead atoms. The van der Waals surface area contributed by atoms with Crippen LogP contribution in [0.1, 0.15) is 17.3 Å². The van der Waals surface area contributed by atoms with E-state index in [1.165, 1.54) is 25.4 Å². The first-order valence-corrected chi connectivity index (χ1v) is 5.77. The fraction of sp³-hybridized carbons (Fsp3) is 0.462. The summed E-state index contributed by atoms with van der Waals surface area (Å²) in [5.41, 5.74) is 0.109. The van der Waals surface area contributed by atoms with Gasteiger partial charge in [-0.3, -0.25) is 9.78 Å². The molecule has 0 atom stereocenters. The highest BCUT2D eigenvalue weighted by atomic mass is 16.5. The summed E-state index contributed by atoms with van der Waals surface area (Å²) in [5, 5.41) is 10.0. The number of aromatic nitrogens is 1. The fourth-order valence-electron chi connectivity index (χ4n) is 0.947. The summed E-state index contributed by atoms with van der Waals surface area (Å²) in [6.07, 6.45) is 2.75. The molecule has 1 aromatic heterocycles. The number of hydrogen-bond donors (Lipinski definition) is 0. The Balaban J connectivity index is 0.000000342. The maximum atomic E-state index is 10.3. The highest BCUT2D eigenvalue weighted by Gasteiger charge is 2.06. The summed E-state index contributed by atoms with van der Waals surface area (Å²) in [6.45, 7) is 2.80. The van der Waals surface area contributed by atoms with Crippen molar-refractivity contribution < 1.29 is 23.9 Å². The van der Waals surface area contributed by atoms with Crippen molar-refractivity contribution in [1.82, 2.24) is 4.98 Å². The predicted molar refractivity (Wildman–Crippen MR) is 68.1 cm³/mol. The first-order chi connectivity index (χ1) is 8.72. The van der Waals surface area contributed by atoms with Crippen LogP contribution in [-0.2, 0) is 9.53 Å². The van der Waals surface area contributed by atoms with Gasteiger partial charge in [-0.25, -0.2) is 0 Å². The van der Waals surface area contributed by atoms with Crippen molar-refractivity contribution >= 4 is 11.9 Å². The third-order valence-corrected chi connectivity index (χ3v) is 1.96. The van der Waals surface area contributed by atoms with Gasteiger partial charge in [0.25, 0.3) is 0 Å². The highest BCUT2D eigenvalue weighted by molar-refractivity contribution is 5.85. The lowest BCUT2D eigenvalue weighted by molar-refractivity contribution is -0.870. The van der Waals surface area contributed by atoms with E-state index in [0.29, 0.717) is 6.61 Å². The van der Waals surface area contributed by atoms with E-state index in [2.05, 4.69) is 26.1 Å². The molecule has 0 aliphatic heterocycles. The zero-order valence-corrected chi connectivity index (χ0v) is 11.8. The van der Waals surface area contributed by atoms with Crippen molar-refractivity contribution in [1.29, 1.82) is 0 Å². The summed E-state index contributed by atoms with van der Waals surface area (Å²) >= 11 is 0. The van der Waals surface area contributed by atoms with Crippen molar-refractivity contribution in [2.24, 2.45) is 0 Å². The molecule has 0 saturated heterocycles. The number of pyridine rings is 1. The lowest BCUT2D eigenvalue weighted by atomic mass is 10.3.